The molecule has 1 aliphatic heterocycles. The average molecular weight is 214 g/mol. The quantitative estimate of drug-likeness (QED) is 0.699. The van der Waals surface area contributed by atoms with E-state index < -0.39 is 0 Å². The van der Waals surface area contributed by atoms with Crippen molar-refractivity contribution in [2.24, 2.45) is 11.8 Å². The molecule has 90 valence electrons. The maximum absolute atomic E-state index is 5.78. The molecule has 2 heteroatoms. The van der Waals surface area contributed by atoms with Crippen LogP contribution in [0.3, 0.4) is 0 Å². The Hall–Kier alpha value is -0.0800. The Bertz CT molecular complexity index is 166. The SMILES string of the molecule is COC(CC(C)C)CC1CC(C)CCO1. The Kier molecular flexibility index (Phi) is 5.62. The van der Waals surface area contributed by atoms with Crippen LogP contribution in [0.1, 0.15) is 46.5 Å². The van der Waals surface area contributed by atoms with Crippen LogP contribution in [0.25, 0.3) is 0 Å². The zero-order valence-corrected chi connectivity index (χ0v) is 10.7. The van der Waals surface area contributed by atoms with Crippen LogP contribution in [0.5, 0.6) is 0 Å². The molecule has 15 heavy (non-hydrogen) atoms. The molecule has 0 aromatic carbocycles. The van der Waals surface area contributed by atoms with Crippen molar-refractivity contribution in [3.8, 4) is 0 Å². The first-order valence-corrected chi connectivity index (χ1v) is 6.26. The molecule has 0 saturated carbocycles. The lowest BCUT2D eigenvalue weighted by atomic mass is 9.92. The first kappa shape index (κ1) is 13.0. The van der Waals surface area contributed by atoms with Gasteiger partial charge in [0, 0.05) is 13.7 Å². The van der Waals surface area contributed by atoms with Crippen molar-refractivity contribution in [2.75, 3.05) is 13.7 Å². The molecule has 0 spiro atoms. The molecule has 2 nitrogen and oxygen atoms in total. The normalized spacial score (nSPS) is 29.4. The Labute approximate surface area is 94.3 Å². The summed E-state index contributed by atoms with van der Waals surface area (Å²) >= 11 is 0. The molecule has 1 saturated heterocycles. The summed E-state index contributed by atoms with van der Waals surface area (Å²) in [4.78, 5) is 0. The van der Waals surface area contributed by atoms with Gasteiger partial charge in [-0.3, -0.25) is 0 Å². The van der Waals surface area contributed by atoms with E-state index in [0.717, 1.165) is 25.4 Å². The third-order valence-corrected chi connectivity index (χ3v) is 3.22. The van der Waals surface area contributed by atoms with Crippen molar-refractivity contribution in [2.45, 2.75) is 58.7 Å². The van der Waals surface area contributed by atoms with Gasteiger partial charge in [0.05, 0.1) is 12.2 Å². The van der Waals surface area contributed by atoms with Gasteiger partial charge in [-0.05, 0) is 37.5 Å². The fourth-order valence-corrected chi connectivity index (χ4v) is 2.34. The highest BCUT2D eigenvalue weighted by Crippen LogP contribution is 2.24. The van der Waals surface area contributed by atoms with E-state index in [1.54, 1.807) is 0 Å². The van der Waals surface area contributed by atoms with Gasteiger partial charge in [-0.25, -0.2) is 0 Å². The van der Waals surface area contributed by atoms with Gasteiger partial charge in [0.25, 0.3) is 0 Å². The van der Waals surface area contributed by atoms with Crippen LogP contribution in [0.15, 0.2) is 0 Å². The first-order valence-electron chi connectivity index (χ1n) is 6.26. The predicted molar refractivity (Wildman–Crippen MR) is 63.0 cm³/mol. The van der Waals surface area contributed by atoms with Gasteiger partial charge < -0.3 is 9.47 Å². The Morgan fingerprint density at radius 2 is 2.13 bits per heavy atom. The molecule has 3 unspecified atom stereocenters. The van der Waals surface area contributed by atoms with E-state index in [4.69, 9.17) is 9.47 Å². The second-order valence-corrected chi connectivity index (χ2v) is 5.35. The molecule has 0 aromatic rings. The topological polar surface area (TPSA) is 18.5 Å². The van der Waals surface area contributed by atoms with E-state index in [9.17, 15) is 0 Å². The molecular formula is C13H26O2. The zero-order valence-electron chi connectivity index (χ0n) is 10.7. The van der Waals surface area contributed by atoms with Gasteiger partial charge >= 0.3 is 0 Å². The Morgan fingerprint density at radius 1 is 1.40 bits per heavy atom. The number of methoxy groups -OCH3 is 1. The van der Waals surface area contributed by atoms with E-state index in [1.807, 2.05) is 7.11 Å². The van der Waals surface area contributed by atoms with Crippen molar-refractivity contribution < 1.29 is 9.47 Å². The average Bonchev–Trinajstić information content (AvgIpc) is 2.16. The highest BCUT2D eigenvalue weighted by atomic mass is 16.5. The molecule has 1 heterocycles. The molecule has 1 rings (SSSR count). The minimum atomic E-state index is 0.375. The highest BCUT2D eigenvalue weighted by Gasteiger charge is 2.23. The molecule has 0 N–H and O–H groups in total. The standard InChI is InChI=1S/C13H26O2/c1-10(2)7-12(14-4)9-13-8-11(3)5-6-15-13/h10-13H,5-9H2,1-4H3. The summed E-state index contributed by atoms with van der Waals surface area (Å²) in [5.74, 6) is 1.52. The van der Waals surface area contributed by atoms with Gasteiger partial charge in [0.2, 0.25) is 0 Å². The first-order chi connectivity index (χ1) is 7.11. The Morgan fingerprint density at radius 3 is 2.67 bits per heavy atom. The number of rotatable bonds is 5. The molecule has 0 bridgehead atoms. The van der Waals surface area contributed by atoms with E-state index >= 15 is 0 Å². The van der Waals surface area contributed by atoms with Crippen LogP contribution in [0.2, 0.25) is 0 Å². The summed E-state index contributed by atoms with van der Waals surface area (Å²) in [6.45, 7) is 7.75. The van der Waals surface area contributed by atoms with Gasteiger partial charge in [0.1, 0.15) is 0 Å². The molecule has 3 atom stereocenters. The van der Waals surface area contributed by atoms with E-state index in [0.29, 0.717) is 18.1 Å². The van der Waals surface area contributed by atoms with Crippen LogP contribution >= 0.6 is 0 Å². The third-order valence-electron chi connectivity index (χ3n) is 3.22. The molecule has 1 fully saturated rings. The fraction of sp³-hybridized carbons (Fsp3) is 1.00. The van der Waals surface area contributed by atoms with Crippen LogP contribution in [-0.2, 0) is 9.47 Å². The van der Waals surface area contributed by atoms with Crippen LogP contribution < -0.4 is 0 Å². The van der Waals surface area contributed by atoms with Crippen molar-refractivity contribution >= 4 is 0 Å². The zero-order chi connectivity index (χ0) is 11.3. The second kappa shape index (κ2) is 6.49. The summed E-state index contributed by atoms with van der Waals surface area (Å²) in [5.41, 5.74) is 0. The maximum atomic E-state index is 5.78. The molecule has 0 radical (unpaired) electrons. The van der Waals surface area contributed by atoms with Crippen LogP contribution in [0.4, 0.5) is 0 Å². The van der Waals surface area contributed by atoms with Crippen molar-refractivity contribution in [1.29, 1.82) is 0 Å². The smallest absolute Gasteiger partial charge is 0.0602 e. The van der Waals surface area contributed by atoms with Crippen molar-refractivity contribution in [3.63, 3.8) is 0 Å². The summed E-state index contributed by atoms with van der Waals surface area (Å²) < 4.78 is 11.3. The lowest BCUT2D eigenvalue weighted by molar-refractivity contribution is -0.0432. The number of hydrogen-bond acceptors (Lipinski definition) is 2. The molecular weight excluding hydrogens is 188 g/mol. The van der Waals surface area contributed by atoms with Crippen LogP contribution in [-0.4, -0.2) is 25.9 Å². The molecule has 0 aromatic heterocycles. The van der Waals surface area contributed by atoms with Gasteiger partial charge in [-0.15, -0.1) is 0 Å². The lowest BCUT2D eigenvalue weighted by Gasteiger charge is -2.30. The Balaban J connectivity index is 2.30. The van der Waals surface area contributed by atoms with E-state index in [-0.39, 0.29) is 0 Å². The van der Waals surface area contributed by atoms with Crippen molar-refractivity contribution in [1.82, 2.24) is 0 Å². The predicted octanol–water partition coefficient (Wildman–Crippen LogP) is 3.25. The lowest BCUT2D eigenvalue weighted by Crippen LogP contribution is -2.29. The molecule has 0 aliphatic carbocycles. The number of ether oxygens (including phenoxy) is 2. The monoisotopic (exact) mass is 214 g/mol. The third kappa shape index (κ3) is 4.98. The summed E-state index contributed by atoms with van der Waals surface area (Å²) in [7, 11) is 1.82. The fourth-order valence-electron chi connectivity index (χ4n) is 2.34. The number of hydrogen-bond donors (Lipinski definition) is 0. The second-order valence-electron chi connectivity index (χ2n) is 5.35. The van der Waals surface area contributed by atoms with Gasteiger partial charge in [-0.1, -0.05) is 20.8 Å². The largest absolute Gasteiger partial charge is 0.381 e. The molecule has 1 aliphatic rings. The highest BCUT2D eigenvalue weighted by molar-refractivity contribution is 4.73. The summed E-state index contributed by atoms with van der Waals surface area (Å²) in [5, 5.41) is 0. The van der Waals surface area contributed by atoms with E-state index in [1.165, 1.54) is 12.8 Å². The van der Waals surface area contributed by atoms with Gasteiger partial charge in [-0.2, -0.15) is 0 Å². The van der Waals surface area contributed by atoms with Gasteiger partial charge in [0.15, 0.2) is 0 Å². The maximum Gasteiger partial charge on any atom is 0.0602 e. The minimum absolute atomic E-state index is 0.375. The summed E-state index contributed by atoms with van der Waals surface area (Å²) in [6.07, 6.45) is 5.44. The van der Waals surface area contributed by atoms with E-state index in [2.05, 4.69) is 20.8 Å². The van der Waals surface area contributed by atoms with Crippen molar-refractivity contribution in [3.05, 3.63) is 0 Å². The summed E-state index contributed by atoms with van der Waals surface area (Å²) in [6, 6.07) is 0. The van der Waals surface area contributed by atoms with Crippen LogP contribution in [0, 0.1) is 11.8 Å². The molecule has 0 amide bonds. The minimum Gasteiger partial charge on any atom is -0.381 e.